The van der Waals surface area contributed by atoms with Gasteiger partial charge < -0.3 is 15.4 Å². The first kappa shape index (κ1) is 15.8. The summed E-state index contributed by atoms with van der Waals surface area (Å²) in [6.45, 7) is 7.54. The molecular formula is C16H23FN2O2. The van der Waals surface area contributed by atoms with Crippen molar-refractivity contribution in [3.63, 3.8) is 0 Å². The Morgan fingerprint density at radius 1 is 1.29 bits per heavy atom. The topological polar surface area (TPSA) is 50.4 Å². The summed E-state index contributed by atoms with van der Waals surface area (Å²) < 4.78 is 18.1. The molecule has 0 radical (unpaired) electrons. The van der Waals surface area contributed by atoms with Gasteiger partial charge in [0.25, 0.3) is 0 Å². The first-order valence-electron chi connectivity index (χ1n) is 7.25. The third-order valence-electron chi connectivity index (χ3n) is 3.33. The normalized spacial score (nSPS) is 22.5. The van der Waals surface area contributed by atoms with E-state index < -0.39 is 5.60 Å². The van der Waals surface area contributed by atoms with Crippen LogP contribution in [0.1, 0.15) is 45.7 Å². The molecule has 1 fully saturated rings. The second-order valence-electron chi connectivity index (χ2n) is 6.53. The number of carbonyl (C=O) groups is 1. The van der Waals surface area contributed by atoms with Crippen molar-refractivity contribution in [2.45, 2.75) is 57.8 Å². The van der Waals surface area contributed by atoms with E-state index in [-0.39, 0.29) is 30.0 Å². The molecule has 0 bridgehead atoms. The first-order chi connectivity index (χ1) is 9.74. The Morgan fingerprint density at radius 2 is 1.90 bits per heavy atom. The van der Waals surface area contributed by atoms with E-state index in [1.807, 2.05) is 27.7 Å². The lowest BCUT2D eigenvalue weighted by Gasteiger charge is -2.20. The molecule has 4 nitrogen and oxygen atoms in total. The molecule has 1 aromatic carbocycles. The standard InChI is InChI=1S/C16H23FN2O2/c1-10(11-5-7-12(17)8-6-11)18-13-9-14(13)19-15(20)21-16(2,3)4/h5-8,10,13-14,18H,9H2,1-4H3,(H,19,20). The van der Waals surface area contributed by atoms with E-state index in [0.29, 0.717) is 0 Å². The maximum Gasteiger partial charge on any atom is 0.407 e. The summed E-state index contributed by atoms with van der Waals surface area (Å²) in [6, 6.07) is 6.90. The molecule has 3 atom stereocenters. The molecule has 5 heteroatoms. The van der Waals surface area contributed by atoms with Gasteiger partial charge in [-0.25, -0.2) is 9.18 Å². The molecule has 1 aliphatic rings. The summed E-state index contributed by atoms with van der Waals surface area (Å²) in [4.78, 5) is 11.6. The van der Waals surface area contributed by atoms with Crippen LogP contribution in [0.3, 0.4) is 0 Å². The van der Waals surface area contributed by atoms with Crippen molar-refractivity contribution in [3.8, 4) is 0 Å². The van der Waals surface area contributed by atoms with Crippen LogP contribution >= 0.6 is 0 Å². The van der Waals surface area contributed by atoms with Crippen LogP contribution < -0.4 is 10.6 Å². The lowest BCUT2D eigenvalue weighted by molar-refractivity contribution is 0.0522. The molecule has 21 heavy (non-hydrogen) atoms. The maximum absolute atomic E-state index is 12.9. The molecular weight excluding hydrogens is 271 g/mol. The van der Waals surface area contributed by atoms with Gasteiger partial charge in [-0.05, 0) is 51.8 Å². The molecule has 3 unspecified atom stereocenters. The Balaban J connectivity index is 1.76. The Hall–Kier alpha value is -1.62. The average molecular weight is 294 g/mol. The van der Waals surface area contributed by atoms with Crippen LogP contribution in [0.5, 0.6) is 0 Å². The summed E-state index contributed by atoms with van der Waals surface area (Å²) in [7, 11) is 0. The molecule has 0 aromatic heterocycles. The summed E-state index contributed by atoms with van der Waals surface area (Å²) >= 11 is 0. The van der Waals surface area contributed by atoms with Gasteiger partial charge in [-0.2, -0.15) is 0 Å². The van der Waals surface area contributed by atoms with Gasteiger partial charge in [-0.15, -0.1) is 0 Å². The number of alkyl carbamates (subject to hydrolysis) is 1. The van der Waals surface area contributed by atoms with Crippen LogP contribution in [0.25, 0.3) is 0 Å². The predicted octanol–water partition coefficient (Wildman–Crippen LogP) is 3.14. The number of nitrogens with one attached hydrogen (secondary N) is 2. The third kappa shape index (κ3) is 5.01. The van der Waals surface area contributed by atoms with Crippen molar-refractivity contribution in [1.29, 1.82) is 0 Å². The number of ether oxygens (including phenoxy) is 1. The van der Waals surface area contributed by atoms with Crippen LogP contribution in [-0.4, -0.2) is 23.8 Å². The summed E-state index contributed by atoms with van der Waals surface area (Å²) in [5.74, 6) is -0.234. The van der Waals surface area contributed by atoms with Gasteiger partial charge in [0.1, 0.15) is 11.4 Å². The van der Waals surface area contributed by atoms with E-state index in [1.54, 1.807) is 12.1 Å². The highest BCUT2D eigenvalue weighted by Gasteiger charge is 2.39. The van der Waals surface area contributed by atoms with Crippen LogP contribution in [0.4, 0.5) is 9.18 Å². The predicted molar refractivity (Wildman–Crippen MR) is 79.5 cm³/mol. The Bertz CT molecular complexity index is 496. The van der Waals surface area contributed by atoms with Gasteiger partial charge >= 0.3 is 6.09 Å². The number of hydrogen-bond donors (Lipinski definition) is 2. The Labute approximate surface area is 125 Å². The molecule has 0 saturated heterocycles. The highest BCUT2D eigenvalue weighted by Crippen LogP contribution is 2.26. The lowest BCUT2D eigenvalue weighted by Crippen LogP contribution is -2.37. The van der Waals surface area contributed by atoms with Crippen molar-refractivity contribution in [2.24, 2.45) is 0 Å². The van der Waals surface area contributed by atoms with E-state index in [0.717, 1.165) is 12.0 Å². The fourth-order valence-electron chi connectivity index (χ4n) is 2.17. The zero-order valence-corrected chi connectivity index (χ0v) is 12.9. The number of rotatable bonds is 4. The van der Waals surface area contributed by atoms with Gasteiger partial charge in [0, 0.05) is 18.1 Å². The Kier molecular flexibility index (Phi) is 4.52. The fourth-order valence-corrected chi connectivity index (χ4v) is 2.17. The molecule has 0 aliphatic heterocycles. The van der Waals surface area contributed by atoms with E-state index in [1.165, 1.54) is 12.1 Å². The maximum atomic E-state index is 12.9. The van der Waals surface area contributed by atoms with Gasteiger partial charge in [0.05, 0.1) is 0 Å². The summed E-state index contributed by atoms with van der Waals surface area (Å²) in [5.41, 5.74) is 0.544. The highest BCUT2D eigenvalue weighted by atomic mass is 19.1. The van der Waals surface area contributed by atoms with Crippen LogP contribution in [0.15, 0.2) is 24.3 Å². The fraction of sp³-hybridized carbons (Fsp3) is 0.562. The molecule has 0 spiro atoms. The lowest BCUT2D eigenvalue weighted by atomic mass is 10.1. The minimum absolute atomic E-state index is 0.0998. The van der Waals surface area contributed by atoms with Crippen LogP contribution in [0, 0.1) is 5.82 Å². The number of carbonyl (C=O) groups excluding carboxylic acids is 1. The van der Waals surface area contributed by atoms with Crippen LogP contribution in [-0.2, 0) is 4.74 Å². The largest absolute Gasteiger partial charge is 0.444 e. The molecule has 1 aromatic rings. The molecule has 1 aliphatic carbocycles. The number of hydrogen-bond acceptors (Lipinski definition) is 3. The number of benzene rings is 1. The average Bonchev–Trinajstić information content (AvgIpc) is 3.05. The molecule has 0 heterocycles. The second-order valence-corrected chi connectivity index (χ2v) is 6.53. The van der Waals surface area contributed by atoms with Gasteiger partial charge in [0.2, 0.25) is 0 Å². The highest BCUT2D eigenvalue weighted by molar-refractivity contribution is 5.68. The minimum Gasteiger partial charge on any atom is -0.444 e. The van der Waals surface area contributed by atoms with E-state index in [9.17, 15) is 9.18 Å². The second kappa shape index (κ2) is 6.02. The minimum atomic E-state index is -0.483. The quantitative estimate of drug-likeness (QED) is 0.897. The monoisotopic (exact) mass is 294 g/mol. The number of amides is 1. The van der Waals surface area contributed by atoms with Crippen molar-refractivity contribution in [3.05, 3.63) is 35.6 Å². The molecule has 1 saturated carbocycles. The Morgan fingerprint density at radius 3 is 2.48 bits per heavy atom. The first-order valence-corrected chi connectivity index (χ1v) is 7.25. The molecule has 2 N–H and O–H groups in total. The summed E-state index contributed by atoms with van der Waals surface area (Å²) in [5, 5.41) is 6.26. The smallest absolute Gasteiger partial charge is 0.407 e. The summed E-state index contributed by atoms with van der Waals surface area (Å²) in [6.07, 6.45) is 0.497. The third-order valence-corrected chi connectivity index (χ3v) is 3.33. The molecule has 1 amide bonds. The van der Waals surface area contributed by atoms with Crippen LogP contribution in [0.2, 0.25) is 0 Å². The SMILES string of the molecule is CC(NC1CC1NC(=O)OC(C)(C)C)c1ccc(F)cc1. The van der Waals surface area contributed by atoms with Crippen molar-refractivity contribution in [1.82, 2.24) is 10.6 Å². The zero-order chi connectivity index (χ0) is 15.6. The number of halogens is 1. The van der Waals surface area contributed by atoms with Crippen molar-refractivity contribution in [2.75, 3.05) is 0 Å². The molecule has 116 valence electrons. The van der Waals surface area contributed by atoms with E-state index in [4.69, 9.17) is 4.74 Å². The van der Waals surface area contributed by atoms with E-state index >= 15 is 0 Å². The van der Waals surface area contributed by atoms with Gasteiger partial charge in [0.15, 0.2) is 0 Å². The van der Waals surface area contributed by atoms with E-state index in [2.05, 4.69) is 10.6 Å². The molecule has 2 rings (SSSR count). The van der Waals surface area contributed by atoms with Gasteiger partial charge in [-0.3, -0.25) is 0 Å². The van der Waals surface area contributed by atoms with Gasteiger partial charge in [-0.1, -0.05) is 12.1 Å². The zero-order valence-electron chi connectivity index (χ0n) is 12.9. The van der Waals surface area contributed by atoms with Crippen molar-refractivity contribution < 1.29 is 13.9 Å². The van der Waals surface area contributed by atoms with Crippen molar-refractivity contribution >= 4 is 6.09 Å².